The van der Waals surface area contributed by atoms with Crippen molar-refractivity contribution < 1.29 is 79.7 Å². The predicted molar refractivity (Wildman–Crippen MR) is 182 cm³/mol. The number of carbonyl (C=O) groups is 3. The van der Waals surface area contributed by atoms with Gasteiger partial charge in [0.15, 0.2) is 0 Å². The van der Waals surface area contributed by atoms with Gasteiger partial charge in [0, 0.05) is 24.8 Å². The Morgan fingerprint density at radius 3 is 2.40 bits per heavy atom. The van der Waals surface area contributed by atoms with E-state index in [4.69, 9.17) is 28.7 Å². The normalized spacial score (nSPS) is 19.8. The third kappa shape index (κ3) is 18.6. The lowest BCUT2D eigenvalue weighted by atomic mass is 10.2. The van der Waals surface area contributed by atoms with E-state index in [0.717, 1.165) is 10.8 Å². The molecule has 0 radical (unpaired) electrons. The average molecular weight is 842 g/mol. The number of alkyl carbamates (subject to hydrolysis) is 1. The first-order valence-electron chi connectivity index (χ1n) is 14.7. The Labute approximate surface area is 303 Å². The fourth-order valence-corrected chi connectivity index (χ4v) is 8.44. The number of aromatic amines is 1. The highest BCUT2D eigenvalue weighted by Crippen LogP contribution is 2.66. The topological polar surface area (TPSA) is 315 Å². The first-order valence-corrected chi connectivity index (χ1v) is 21.7. The Bertz CT molecular complexity index is 1750. The summed E-state index contributed by atoms with van der Waals surface area (Å²) < 4.78 is 69.2. The molecule has 1 aliphatic heterocycles. The number of ketones is 1. The van der Waals surface area contributed by atoms with Crippen LogP contribution >= 0.6 is 45.1 Å². The van der Waals surface area contributed by atoms with Gasteiger partial charge in [-0.05, 0) is 27.7 Å². The summed E-state index contributed by atoms with van der Waals surface area (Å²) in [7, 11) is -14.4. The third-order valence-corrected chi connectivity index (χ3v) is 11.7. The minimum absolute atomic E-state index is 0.0267. The molecule has 1 amide bonds. The SMILES string of the molecule is CC(=O)CCOC1C[C@H](n2cc(C#CCNC(=O)OCCSSCC(=O)OC(C)(C)C)c(=O)[nH]c2=O)O[C@@H]1COP(=O)(O)OP(=O)(O)OP(=O)(O)O. The predicted octanol–water partition coefficient (Wildman–Crippen LogP) is 1.33. The van der Waals surface area contributed by atoms with E-state index in [1.807, 2.05) is 0 Å². The number of Topliss-reactive ketones (excluding diaryl/α,β-unsaturated/α-hetero) is 1. The van der Waals surface area contributed by atoms with Crippen LogP contribution in [-0.4, -0.2) is 103 Å². The Morgan fingerprint density at radius 2 is 1.77 bits per heavy atom. The van der Waals surface area contributed by atoms with Crippen molar-refractivity contribution in [3.8, 4) is 11.8 Å². The zero-order valence-corrected chi connectivity index (χ0v) is 32.3. The molecule has 1 fully saturated rings. The molecule has 22 nitrogen and oxygen atoms in total. The van der Waals surface area contributed by atoms with Crippen LogP contribution in [0.15, 0.2) is 15.8 Å². The van der Waals surface area contributed by atoms with Gasteiger partial charge in [-0.15, -0.1) is 0 Å². The number of hydrogen-bond donors (Lipinski definition) is 6. The molecule has 52 heavy (non-hydrogen) atoms. The summed E-state index contributed by atoms with van der Waals surface area (Å²) in [5.41, 5.74) is -2.66. The van der Waals surface area contributed by atoms with Crippen LogP contribution < -0.4 is 16.6 Å². The fourth-order valence-electron chi connectivity index (χ4n) is 3.80. The number of nitrogens with one attached hydrogen (secondary N) is 2. The van der Waals surface area contributed by atoms with Gasteiger partial charge < -0.3 is 43.8 Å². The molecule has 5 atom stereocenters. The number of hydrogen-bond acceptors (Lipinski definition) is 17. The van der Waals surface area contributed by atoms with Crippen molar-refractivity contribution in [1.82, 2.24) is 14.9 Å². The molecule has 27 heteroatoms. The summed E-state index contributed by atoms with van der Waals surface area (Å²) in [4.78, 5) is 98.7. The van der Waals surface area contributed by atoms with Crippen LogP contribution in [-0.2, 0) is 55.4 Å². The lowest BCUT2D eigenvalue weighted by Crippen LogP contribution is -2.34. The molecule has 0 spiro atoms. The zero-order valence-electron chi connectivity index (χ0n) is 28.0. The van der Waals surface area contributed by atoms with Gasteiger partial charge in [-0.3, -0.25) is 28.5 Å². The van der Waals surface area contributed by atoms with E-state index in [0.29, 0.717) is 5.75 Å². The second-order valence-corrected chi connectivity index (χ2v) is 18.3. The Hall–Kier alpha value is -2.32. The molecule has 1 saturated heterocycles. The maximum Gasteiger partial charge on any atom is 0.490 e. The number of phosphoric acid groups is 3. The van der Waals surface area contributed by atoms with E-state index in [1.54, 1.807) is 20.8 Å². The van der Waals surface area contributed by atoms with E-state index in [9.17, 15) is 47.5 Å². The molecule has 2 heterocycles. The van der Waals surface area contributed by atoms with Crippen molar-refractivity contribution in [2.75, 3.05) is 37.9 Å². The third-order valence-electron chi connectivity index (χ3n) is 5.69. The number of aromatic nitrogens is 2. The van der Waals surface area contributed by atoms with Crippen LogP contribution in [0.5, 0.6) is 0 Å². The van der Waals surface area contributed by atoms with Gasteiger partial charge in [0.1, 0.15) is 41.6 Å². The van der Waals surface area contributed by atoms with Crippen LogP contribution in [0.1, 0.15) is 52.3 Å². The molecule has 1 aliphatic rings. The second-order valence-electron chi connectivity index (χ2n) is 11.3. The van der Waals surface area contributed by atoms with Crippen LogP contribution in [0.25, 0.3) is 0 Å². The highest BCUT2D eigenvalue weighted by atomic mass is 33.1. The Balaban J connectivity index is 2.01. The van der Waals surface area contributed by atoms with Crippen molar-refractivity contribution in [3.05, 3.63) is 32.6 Å². The van der Waals surface area contributed by atoms with Gasteiger partial charge in [0.25, 0.3) is 5.56 Å². The molecule has 6 N–H and O–H groups in total. The molecular formula is C25H38N3O19P3S2. The highest BCUT2D eigenvalue weighted by molar-refractivity contribution is 8.76. The molecule has 294 valence electrons. The van der Waals surface area contributed by atoms with Crippen molar-refractivity contribution in [2.45, 2.75) is 64.6 Å². The number of ether oxygens (including phenoxy) is 4. The van der Waals surface area contributed by atoms with E-state index < -0.39 is 71.5 Å². The van der Waals surface area contributed by atoms with E-state index in [2.05, 4.69) is 35.3 Å². The molecule has 3 unspecified atom stereocenters. The van der Waals surface area contributed by atoms with Crippen LogP contribution in [0, 0.1) is 11.8 Å². The van der Waals surface area contributed by atoms with Crippen LogP contribution in [0.4, 0.5) is 4.79 Å². The van der Waals surface area contributed by atoms with Gasteiger partial charge >= 0.3 is 41.2 Å². The van der Waals surface area contributed by atoms with E-state index in [1.165, 1.54) is 28.5 Å². The first kappa shape index (κ1) is 45.8. The second kappa shape index (κ2) is 20.4. The lowest BCUT2D eigenvalue weighted by molar-refractivity contribution is -0.151. The molecule has 2 rings (SSSR count). The Morgan fingerprint density at radius 1 is 1.08 bits per heavy atom. The lowest BCUT2D eigenvalue weighted by Gasteiger charge is -2.21. The zero-order chi connectivity index (χ0) is 39.3. The number of nitrogens with zero attached hydrogens (tertiary/aromatic N) is 1. The number of H-pyrrole nitrogens is 1. The number of esters is 1. The van der Waals surface area contributed by atoms with Crippen LogP contribution in [0.3, 0.4) is 0 Å². The summed E-state index contributed by atoms with van der Waals surface area (Å²) in [6, 6.07) is 0. The summed E-state index contributed by atoms with van der Waals surface area (Å²) in [6.07, 6.45) is -3.54. The van der Waals surface area contributed by atoms with Gasteiger partial charge in [-0.2, -0.15) is 8.62 Å². The number of rotatable bonds is 19. The minimum atomic E-state index is -5.80. The smallest absolute Gasteiger partial charge is 0.459 e. The number of phosphoric ester groups is 1. The summed E-state index contributed by atoms with van der Waals surface area (Å²) in [6.45, 7) is 5.26. The van der Waals surface area contributed by atoms with Crippen LogP contribution in [0.2, 0.25) is 0 Å². The van der Waals surface area contributed by atoms with Gasteiger partial charge in [0.2, 0.25) is 0 Å². The Kier molecular flexibility index (Phi) is 18.0. The molecule has 0 saturated carbocycles. The summed E-state index contributed by atoms with van der Waals surface area (Å²) in [5, 5.41) is 2.36. The molecule has 1 aromatic rings. The van der Waals surface area contributed by atoms with Crippen molar-refractivity contribution in [3.63, 3.8) is 0 Å². The van der Waals surface area contributed by atoms with Gasteiger partial charge in [-0.1, -0.05) is 33.4 Å². The number of carbonyl (C=O) groups excluding carboxylic acids is 3. The molecular weight excluding hydrogens is 803 g/mol. The van der Waals surface area contributed by atoms with Gasteiger partial charge in [0.05, 0.1) is 25.9 Å². The fraction of sp³-hybridized carbons (Fsp3) is 0.640. The summed E-state index contributed by atoms with van der Waals surface area (Å²) >= 11 is 0. The summed E-state index contributed by atoms with van der Waals surface area (Å²) in [5.74, 6) is 4.91. The molecule has 0 aromatic carbocycles. The monoisotopic (exact) mass is 841 g/mol. The number of amides is 1. The van der Waals surface area contributed by atoms with E-state index >= 15 is 0 Å². The molecule has 1 aromatic heterocycles. The average Bonchev–Trinajstić information content (AvgIpc) is 3.36. The van der Waals surface area contributed by atoms with Gasteiger partial charge in [-0.25, -0.2) is 23.3 Å². The van der Waals surface area contributed by atoms with Crippen molar-refractivity contribution in [1.29, 1.82) is 0 Å². The first-order chi connectivity index (χ1) is 24.0. The van der Waals surface area contributed by atoms with Crippen molar-refractivity contribution in [2.24, 2.45) is 0 Å². The van der Waals surface area contributed by atoms with Crippen molar-refractivity contribution >= 4 is 62.9 Å². The molecule has 0 bridgehead atoms. The van der Waals surface area contributed by atoms with E-state index in [-0.39, 0.29) is 55.7 Å². The largest absolute Gasteiger partial charge is 0.490 e. The maximum atomic E-state index is 12.7. The standard InChI is InChI=1S/C25H38N3O19P3S2/c1-16(29)7-9-41-18-12-20(44-19(18)14-43-49(37,38)47-50(39,40)46-48(34,35)36)28-13-17(22(31)27-23(28)32)6-5-8-26-24(33)42-10-11-51-52-15-21(30)45-25(2,3)4/h13,18-20H,7-12,14-15H2,1-4H3,(H,26,33)(H,37,38)(H,39,40)(H,27,31,32)(H2,34,35,36)/t18?,19-,20-/m1/s1. The quantitative estimate of drug-likeness (QED) is 0.0376. The highest BCUT2D eigenvalue weighted by Gasteiger charge is 2.43. The maximum absolute atomic E-state index is 12.7. The minimum Gasteiger partial charge on any atom is -0.459 e. The molecule has 0 aliphatic carbocycles.